The molecule has 0 heterocycles. The zero-order valence-corrected chi connectivity index (χ0v) is 8.93. The van der Waals surface area contributed by atoms with E-state index in [0.29, 0.717) is 0 Å². The van der Waals surface area contributed by atoms with Crippen LogP contribution in [0.5, 0.6) is 0 Å². The summed E-state index contributed by atoms with van der Waals surface area (Å²) in [5.74, 6) is 3.62. The first-order valence-corrected chi connectivity index (χ1v) is 4.70. The number of carboxylic acids is 1. The second kappa shape index (κ2) is 4.91. The molecule has 1 aromatic rings. The van der Waals surface area contributed by atoms with Crippen LogP contribution in [0.2, 0.25) is 0 Å². The van der Waals surface area contributed by atoms with Gasteiger partial charge in [-0.1, -0.05) is 17.9 Å². The van der Waals surface area contributed by atoms with Crippen molar-refractivity contribution in [2.45, 2.75) is 19.5 Å². The van der Waals surface area contributed by atoms with Crippen molar-refractivity contribution in [2.75, 3.05) is 0 Å². The fourth-order valence-corrected chi connectivity index (χ4v) is 1.29. The minimum absolute atomic E-state index is 0.0119. The summed E-state index contributed by atoms with van der Waals surface area (Å²) in [6.45, 7) is 1.31. The Hall–Kier alpha value is -1.96. The van der Waals surface area contributed by atoms with Gasteiger partial charge in [-0.3, -0.25) is 4.79 Å². The highest BCUT2D eigenvalue weighted by Crippen LogP contribution is 2.32. The van der Waals surface area contributed by atoms with Crippen LogP contribution in [0.1, 0.15) is 23.1 Å². The van der Waals surface area contributed by atoms with Crippen LogP contribution in [-0.4, -0.2) is 11.1 Å². The standard InChI is InChI=1S/C12H9F3O2/c1-8-9(5-3-7-11(16)17)4-2-6-10(8)12(13,14)15/h2,4,6H,7H2,1H3,(H,16,17). The predicted molar refractivity (Wildman–Crippen MR) is 55.3 cm³/mol. The van der Waals surface area contributed by atoms with E-state index in [-0.39, 0.29) is 11.1 Å². The fraction of sp³-hybridized carbons (Fsp3) is 0.250. The zero-order chi connectivity index (χ0) is 13.1. The van der Waals surface area contributed by atoms with Crippen LogP contribution >= 0.6 is 0 Å². The molecule has 90 valence electrons. The van der Waals surface area contributed by atoms with Crippen molar-refractivity contribution in [3.05, 3.63) is 34.9 Å². The molecule has 0 aliphatic carbocycles. The molecular formula is C12H9F3O2. The fourth-order valence-electron chi connectivity index (χ4n) is 1.29. The third-order valence-electron chi connectivity index (χ3n) is 2.10. The molecular weight excluding hydrogens is 233 g/mol. The topological polar surface area (TPSA) is 37.3 Å². The zero-order valence-electron chi connectivity index (χ0n) is 8.93. The van der Waals surface area contributed by atoms with E-state index in [1.807, 2.05) is 0 Å². The van der Waals surface area contributed by atoms with Gasteiger partial charge in [0.2, 0.25) is 0 Å². The van der Waals surface area contributed by atoms with Crippen LogP contribution < -0.4 is 0 Å². The van der Waals surface area contributed by atoms with E-state index < -0.39 is 24.1 Å². The largest absolute Gasteiger partial charge is 0.481 e. The average Bonchev–Trinajstić information content (AvgIpc) is 2.18. The highest BCUT2D eigenvalue weighted by Gasteiger charge is 2.32. The predicted octanol–water partition coefficient (Wildman–Crippen LogP) is 2.84. The second-order valence-electron chi connectivity index (χ2n) is 3.35. The highest BCUT2D eigenvalue weighted by molar-refractivity contribution is 5.70. The van der Waals surface area contributed by atoms with Crippen molar-refractivity contribution in [1.29, 1.82) is 0 Å². The summed E-state index contributed by atoms with van der Waals surface area (Å²) in [4.78, 5) is 10.2. The summed E-state index contributed by atoms with van der Waals surface area (Å²) in [5.41, 5.74) is -0.543. The maximum Gasteiger partial charge on any atom is 0.416 e. The lowest BCUT2D eigenvalue weighted by molar-refractivity contribution is -0.138. The molecule has 0 saturated heterocycles. The van der Waals surface area contributed by atoms with Crippen LogP contribution in [0, 0.1) is 18.8 Å². The number of rotatable bonds is 1. The van der Waals surface area contributed by atoms with Gasteiger partial charge in [0.05, 0.1) is 5.56 Å². The summed E-state index contributed by atoms with van der Waals surface area (Å²) >= 11 is 0. The number of benzene rings is 1. The third-order valence-corrected chi connectivity index (χ3v) is 2.10. The summed E-state index contributed by atoms with van der Waals surface area (Å²) in [5, 5.41) is 8.36. The van der Waals surface area contributed by atoms with Gasteiger partial charge in [0.25, 0.3) is 0 Å². The second-order valence-corrected chi connectivity index (χ2v) is 3.35. The smallest absolute Gasteiger partial charge is 0.416 e. The van der Waals surface area contributed by atoms with Gasteiger partial charge in [-0.15, -0.1) is 0 Å². The molecule has 0 radical (unpaired) electrons. The maximum atomic E-state index is 12.5. The minimum atomic E-state index is -4.42. The van der Waals surface area contributed by atoms with Gasteiger partial charge < -0.3 is 5.11 Å². The molecule has 5 heteroatoms. The number of carbonyl (C=O) groups is 1. The van der Waals surface area contributed by atoms with Crippen LogP contribution in [-0.2, 0) is 11.0 Å². The van der Waals surface area contributed by atoms with Crippen LogP contribution in [0.3, 0.4) is 0 Å². The molecule has 1 rings (SSSR count). The Morgan fingerprint density at radius 1 is 1.41 bits per heavy atom. The summed E-state index contributed by atoms with van der Waals surface area (Å²) in [6.07, 6.45) is -4.82. The molecule has 0 saturated carbocycles. The Labute approximate surface area is 96.1 Å². The first-order valence-electron chi connectivity index (χ1n) is 4.70. The van der Waals surface area contributed by atoms with Gasteiger partial charge in [-0.2, -0.15) is 13.2 Å². The number of halogens is 3. The van der Waals surface area contributed by atoms with Crippen molar-refractivity contribution < 1.29 is 23.1 Å². The van der Waals surface area contributed by atoms with Gasteiger partial charge in [-0.25, -0.2) is 0 Å². The molecule has 0 atom stereocenters. The lowest BCUT2D eigenvalue weighted by Gasteiger charge is -2.10. The normalized spacial score (nSPS) is 10.6. The first-order chi connectivity index (χ1) is 7.82. The number of aliphatic carboxylic acids is 1. The highest BCUT2D eigenvalue weighted by atomic mass is 19.4. The molecule has 1 N–H and O–H groups in total. The Kier molecular flexibility index (Phi) is 3.79. The summed E-state index contributed by atoms with van der Waals surface area (Å²) in [6, 6.07) is 3.65. The van der Waals surface area contributed by atoms with Crippen LogP contribution in [0.25, 0.3) is 0 Å². The van der Waals surface area contributed by atoms with E-state index in [1.54, 1.807) is 0 Å². The van der Waals surface area contributed by atoms with E-state index in [4.69, 9.17) is 5.11 Å². The summed E-state index contributed by atoms with van der Waals surface area (Å²) in [7, 11) is 0. The number of alkyl halides is 3. The Bertz CT molecular complexity index is 493. The third kappa shape index (κ3) is 3.52. The van der Waals surface area contributed by atoms with Crippen molar-refractivity contribution in [2.24, 2.45) is 0 Å². The Morgan fingerprint density at radius 2 is 2.06 bits per heavy atom. The average molecular weight is 242 g/mol. The minimum Gasteiger partial charge on any atom is -0.481 e. The molecule has 0 amide bonds. The maximum absolute atomic E-state index is 12.5. The molecule has 2 nitrogen and oxygen atoms in total. The van der Waals surface area contributed by atoms with E-state index in [9.17, 15) is 18.0 Å². The van der Waals surface area contributed by atoms with E-state index in [1.165, 1.54) is 19.1 Å². The number of hydrogen-bond donors (Lipinski definition) is 1. The van der Waals surface area contributed by atoms with Gasteiger partial charge >= 0.3 is 12.1 Å². The Morgan fingerprint density at radius 3 is 2.59 bits per heavy atom. The molecule has 0 unspecified atom stereocenters. The van der Waals surface area contributed by atoms with Crippen LogP contribution in [0.4, 0.5) is 13.2 Å². The molecule has 0 bridgehead atoms. The number of hydrogen-bond acceptors (Lipinski definition) is 1. The molecule has 0 aromatic heterocycles. The quantitative estimate of drug-likeness (QED) is 0.769. The van der Waals surface area contributed by atoms with Gasteiger partial charge in [0.15, 0.2) is 0 Å². The van der Waals surface area contributed by atoms with Crippen molar-refractivity contribution >= 4 is 5.97 Å². The monoisotopic (exact) mass is 242 g/mol. The van der Waals surface area contributed by atoms with Gasteiger partial charge in [-0.05, 0) is 24.6 Å². The van der Waals surface area contributed by atoms with Crippen LogP contribution in [0.15, 0.2) is 18.2 Å². The number of carboxylic acid groups (broad SMARTS) is 1. The van der Waals surface area contributed by atoms with E-state index >= 15 is 0 Å². The molecule has 1 aromatic carbocycles. The lowest BCUT2D eigenvalue weighted by Crippen LogP contribution is -2.08. The van der Waals surface area contributed by atoms with Crippen molar-refractivity contribution in [3.63, 3.8) is 0 Å². The molecule has 0 aliphatic rings. The van der Waals surface area contributed by atoms with Crippen molar-refractivity contribution in [1.82, 2.24) is 0 Å². The molecule has 0 spiro atoms. The first kappa shape index (κ1) is 13.1. The molecule has 0 fully saturated rings. The SMILES string of the molecule is Cc1c(C#CCC(=O)O)cccc1C(F)(F)F. The van der Waals surface area contributed by atoms with E-state index in [0.717, 1.165) is 6.07 Å². The van der Waals surface area contributed by atoms with E-state index in [2.05, 4.69) is 11.8 Å². The molecule has 0 aliphatic heterocycles. The van der Waals surface area contributed by atoms with Gasteiger partial charge in [0, 0.05) is 5.56 Å². The summed E-state index contributed by atoms with van der Waals surface area (Å²) < 4.78 is 37.6. The lowest BCUT2D eigenvalue weighted by atomic mass is 10.0. The van der Waals surface area contributed by atoms with Crippen molar-refractivity contribution in [3.8, 4) is 11.8 Å². The Balaban J connectivity index is 3.10. The molecule has 17 heavy (non-hydrogen) atoms. The van der Waals surface area contributed by atoms with Gasteiger partial charge in [0.1, 0.15) is 6.42 Å².